The third kappa shape index (κ3) is 4.56. The Bertz CT molecular complexity index is 755. The lowest BCUT2D eigenvalue weighted by molar-refractivity contribution is -0.137. The van der Waals surface area contributed by atoms with Crippen molar-refractivity contribution < 1.29 is 26.4 Å². The van der Waals surface area contributed by atoms with Crippen molar-refractivity contribution in [2.24, 2.45) is 0 Å². The molecule has 1 unspecified atom stereocenters. The van der Waals surface area contributed by atoms with Crippen molar-refractivity contribution in [3.05, 3.63) is 29.8 Å². The van der Waals surface area contributed by atoms with Crippen molar-refractivity contribution in [1.82, 2.24) is 10.6 Å². The zero-order valence-corrected chi connectivity index (χ0v) is 15.5. The molecular weight excluding hydrogens is 369 g/mol. The lowest BCUT2D eigenvalue weighted by Crippen LogP contribution is -2.43. The van der Waals surface area contributed by atoms with Crippen molar-refractivity contribution in [3.63, 3.8) is 0 Å². The van der Waals surface area contributed by atoms with Gasteiger partial charge in [-0.2, -0.15) is 13.2 Å². The van der Waals surface area contributed by atoms with E-state index < -0.39 is 26.3 Å². The third-order valence-electron chi connectivity index (χ3n) is 4.60. The zero-order valence-electron chi connectivity index (χ0n) is 14.7. The maximum Gasteiger partial charge on any atom is 0.416 e. The van der Waals surface area contributed by atoms with E-state index in [-0.39, 0.29) is 29.8 Å². The van der Waals surface area contributed by atoms with Crippen LogP contribution in [-0.2, 0) is 20.8 Å². The molecule has 26 heavy (non-hydrogen) atoms. The second-order valence-electron chi connectivity index (χ2n) is 6.98. The van der Waals surface area contributed by atoms with E-state index in [1.165, 1.54) is 13.8 Å². The van der Waals surface area contributed by atoms with Gasteiger partial charge in [0.25, 0.3) is 0 Å². The molecular formula is C17H23F3N2O3S. The first-order chi connectivity index (χ1) is 11.9. The Morgan fingerprint density at radius 3 is 2.58 bits per heavy atom. The molecule has 1 aromatic rings. The van der Waals surface area contributed by atoms with Gasteiger partial charge in [0, 0.05) is 6.54 Å². The molecule has 1 amide bonds. The SMILES string of the molecule is CC(C)(CCNC(=O)C1CCCN1)S(=O)(=O)c1cccc(C(F)(F)F)c1. The van der Waals surface area contributed by atoms with E-state index in [9.17, 15) is 26.4 Å². The molecule has 1 aromatic carbocycles. The highest BCUT2D eigenvalue weighted by Crippen LogP contribution is 2.34. The van der Waals surface area contributed by atoms with Crippen LogP contribution in [0.3, 0.4) is 0 Å². The molecule has 0 spiro atoms. The van der Waals surface area contributed by atoms with E-state index in [0.29, 0.717) is 6.07 Å². The molecule has 0 saturated carbocycles. The summed E-state index contributed by atoms with van der Waals surface area (Å²) in [5, 5.41) is 5.74. The summed E-state index contributed by atoms with van der Waals surface area (Å²) in [5.41, 5.74) is -1.00. The van der Waals surface area contributed by atoms with E-state index in [2.05, 4.69) is 10.6 Å². The fourth-order valence-corrected chi connectivity index (χ4v) is 4.36. The average molecular weight is 392 g/mol. The molecule has 9 heteroatoms. The summed E-state index contributed by atoms with van der Waals surface area (Å²) in [5.74, 6) is -0.185. The van der Waals surface area contributed by atoms with Crippen LogP contribution in [0, 0.1) is 0 Å². The number of sulfone groups is 1. The van der Waals surface area contributed by atoms with Gasteiger partial charge in [-0.05, 0) is 57.9 Å². The lowest BCUT2D eigenvalue weighted by Gasteiger charge is -2.25. The highest BCUT2D eigenvalue weighted by atomic mass is 32.2. The normalized spacial score (nSPS) is 18.7. The molecule has 5 nitrogen and oxygen atoms in total. The van der Waals surface area contributed by atoms with Gasteiger partial charge in [0.15, 0.2) is 9.84 Å². The van der Waals surface area contributed by atoms with Crippen LogP contribution in [0.5, 0.6) is 0 Å². The second kappa shape index (κ2) is 7.56. The minimum atomic E-state index is -4.61. The molecule has 0 aromatic heterocycles. The van der Waals surface area contributed by atoms with Crippen LogP contribution in [0.25, 0.3) is 0 Å². The molecule has 1 heterocycles. The van der Waals surface area contributed by atoms with Gasteiger partial charge in [0.2, 0.25) is 5.91 Å². The maximum absolute atomic E-state index is 12.8. The quantitative estimate of drug-likeness (QED) is 0.780. The number of carbonyl (C=O) groups excluding carboxylic acids is 1. The number of halogens is 3. The molecule has 1 atom stereocenters. The molecule has 2 rings (SSSR count). The van der Waals surface area contributed by atoms with Crippen LogP contribution in [0.15, 0.2) is 29.2 Å². The van der Waals surface area contributed by atoms with Crippen LogP contribution in [0.4, 0.5) is 13.2 Å². The standard InChI is InChI=1S/C17H23F3N2O3S/c1-16(2,8-10-22-15(23)14-7-4-9-21-14)26(24,25)13-6-3-5-12(11-13)17(18,19)20/h3,5-6,11,14,21H,4,7-10H2,1-2H3,(H,22,23). The number of rotatable bonds is 6. The molecule has 1 fully saturated rings. The van der Waals surface area contributed by atoms with Gasteiger partial charge in [-0.15, -0.1) is 0 Å². The first-order valence-corrected chi connectivity index (χ1v) is 9.86. The van der Waals surface area contributed by atoms with Crippen LogP contribution < -0.4 is 10.6 Å². The largest absolute Gasteiger partial charge is 0.416 e. The summed E-state index contributed by atoms with van der Waals surface area (Å²) in [4.78, 5) is 11.6. The summed E-state index contributed by atoms with van der Waals surface area (Å²) in [7, 11) is -4.01. The average Bonchev–Trinajstić information content (AvgIpc) is 3.08. The molecule has 1 aliphatic heterocycles. The highest BCUT2D eigenvalue weighted by Gasteiger charge is 2.38. The summed E-state index contributed by atoms with van der Waals surface area (Å²) in [6.07, 6.45) is -2.88. The van der Waals surface area contributed by atoms with E-state index in [1.807, 2.05) is 0 Å². The fraction of sp³-hybridized carbons (Fsp3) is 0.588. The summed E-state index contributed by atoms with van der Waals surface area (Å²) < 4.78 is 62.8. The smallest absolute Gasteiger partial charge is 0.355 e. The maximum atomic E-state index is 12.8. The Morgan fingerprint density at radius 2 is 2.00 bits per heavy atom. The Balaban J connectivity index is 2.07. The van der Waals surface area contributed by atoms with Gasteiger partial charge >= 0.3 is 6.18 Å². The van der Waals surface area contributed by atoms with Crippen molar-refractivity contribution in [3.8, 4) is 0 Å². The summed E-state index contributed by atoms with van der Waals surface area (Å²) in [6.45, 7) is 3.79. The molecule has 2 N–H and O–H groups in total. The van der Waals surface area contributed by atoms with E-state index in [4.69, 9.17) is 0 Å². The van der Waals surface area contributed by atoms with Crippen LogP contribution in [0.1, 0.15) is 38.7 Å². The number of nitrogens with one attached hydrogen (secondary N) is 2. The minimum Gasteiger partial charge on any atom is -0.355 e. The Kier molecular flexibility index (Phi) is 6.02. The minimum absolute atomic E-state index is 0.0873. The van der Waals surface area contributed by atoms with Crippen LogP contribution >= 0.6 is 0 Å². The Hall–Kier alpha value is -1.61. The van der Waals surface area contributed by atoms with Crippen molar-refractivity contribution in [2.45, 2.75) is 55.0 Å². The second-order valence-corrected chi connectivity index (χ2v) is 9.56. The molecule has 0 aliphatic carbocycles. The number of hydrogen-bond donors (Lipinski definition) is 2. The van der Waals surface area contributed by atoms with E-state index in [0.717, 1.165) is 37.6 Å². The monoisotopic (exact) mass is 392 g/mol. The Morgan fingerprint density at radius 1 is 1.31 bits per heavy atom. The molecule has 0 radical (unpaired) electrons. The number of benzene rings is 1. The molecule has 1 aliphatic rings. The van der Waals surface area contributed by atoms with E-state index in [1.54, 1.807) is 0 Å². The van der Waals surface area contributed by atoms with Gasteiger partial charge in [-0.25, -0.2) is 8.42 Å². The lowest BCUT2D eigenvalue weighted by atomic mass is 10.1. The molecule has 0 bridgehead atoms. The third-order valence-corrected chi connectivity index (χ3v) is 7.14. The van der Waals surface area contributed by atoms with Gasteiger partial charge < -0.3 is 10.6 Å². The van der Waals surface area contributed by atoms with Crippen LogP contribution in [-0.4, -0.2) is 38.2 Å². The van der Waals surface area contributed by atoms with Gasteiger partial charge in [0.05, 0.1) is 21.2 Å². The molecule has 1 saturated heterocycles. The van der Waals surface area contributed by atoms with Crippen LogP contribution in [0.2, 0.25) is 0 Å². The van der Waals surface area contributed by atoms with Crippen molar-refractivity contribution in [1.29, 1.82) is 0 Å². The first-order valence-electron chi connectivity index (χ1n) is 8.38. The van der Waals surface area contributed by atoms with Gasteiger partial charge in [-0.1, -0.05) is 6.07 Å². The molecule has 146 valence electrons. The highest BCUT2D eigenvalue weighted by molar-refractivity contribution is 7.92. The fourth-order valence-electron chi connectivity index (χ4n) is 2.81. The number of carbonyl (C=O) groups is 1. The van der Waals surface area contributed by atoms with E-state index >= 15 is 0 Å². The number of alkyl halides is 3. The van der Waals surface area contributed by atoms with Gasteiger partial charge in [-0.3, -0.25) is 4.79 Å². The Labute approximate surface area is 151 Å². The predicted molar refractivity (Wildman–Crippen MR) is 91.4 cm³/mol. The zero-order chi connectivity index (χ0) is 19.6. The number of amides is 1. The van der Waals surface area contributed by atoms with Gasteiger partial charge in [0.1, 0.15) is 0 Å². The first kappa shape index (κ1) is 20.7. The summed E-state index contributed by atoms with van der Waals surface area (Å²) in [6, 6.07) is 3.46. The van der Waals surface area contributed by atoms with Crippen molar-refractivity contribution >= 4 is 15.7 Å². The predicted octanol–water partition coefficient (Wildman–Crippen LogP) is 2.52. The topological polar surface area (TPSA) is 75.3 Å². The van der Waals surface area contributed by atoms with Crippen molar-refractivity contribution in [2.75, 3.05) is 13.1 Å². The summed E-state index contributed by atoms with van der Waals surface area (Å²) >= 11 is 0. The number of hydrogen-bond acceptors (Lipinski definition) is 4.